The van der Waals surface area contributed by atoms with Crippen LogP contribution < -0.4 is 5.32 Å². The Labute approximate surface area is 140 Å². The highest BCUT2D eigenvalue weighted by Gasteiger charge is 2.44. The van der Waals surface area contributed by atoms with E-state index < -0.39 is 0 Å². The molecule has 0 spiro atoms. The van der Waals surface area contributed by atoms with Gasteiger partial charge in [0, 0.05) is 12.1 Å². The maximum absolute atomic E-state index is 12.8. The van der Waals surface area contributed by atoms with E-state index in [4.69, 9.17) is 0 Å². The Morgan fingerprint density at radius 1 is 1.21 bits per heavy atom. The minimum atomic E-state index is -0.343. The molecule has 4 rings (SSSR count). The molecule has 124 valence electrons. The van der Waals surface area contributed by atoms with Gasteiger partial charge in [0.1, 0.15) is 11.7 Å². The third-order valence-electron chi connectivity index (χ3n) is 5.16. The number of hydrogen-bond acceptors (Lipinski definition) is 3. The van der Waals surface area contributed by atoms with Gasteiger partial charge in [-0.1, -0.05) is 12.1 Å². The van der Waals surface area contributed by atoms with Crippen molar-refractivity contribution in [2.75, 3.05) is 6.54 Å². The van der Waals surface area contributed by atoms with Crippen LogP contribution in [0.4, 0.5) is 0 Å². The predicted molar refractivity (Wildman–Crippen MR) is 89.5 cm³/mol. The van der Waals surface area contributed by atoms with Crippen LogP contribution in [0.5, 0.6) is 0 Å². The molecule has 2 aliphatic heterocycles. The van der Waals surface area contributed by atoms with Gasteiger partial charge in [0.2, 0.25) is 5.91 Å². The van der Waals surface area contributed by atoms with Gasteiger partial charge in [-0.2, -0.15) is 5.10 Å². The van der Waals surface area contributed by atoms with Gasteiger partial charge >= 0.3 is 0 Å². The summed E-state index contributed by atoms with van der Waals surface area (Å²) in [6.07, 6.45) is 1.60. The van der Waals surface area contributed by atoms with E-state index in [9.17, 15) is 9.59 Å². The molecule has 2 amide bonds. The molecule has 2 saturated heterocycles. The van der Waals surface area contributed by atoms with Crippen molar-refractivity contribution in [3.05, 3.63) is 41.1 Å². The molecule has 2 N–H and O–H groups in total. The van der Waals surface area contributed by atoms with E-state index in [1.807, 2.05) is 6.07 Å². The topological polar surface area (TPSA) is 78.1 Å². The average Bonchev–Trinajstić information content (AvgIpc) is 3.18. The van der Waals surface area contributed by atoms with Crippen molar-refractivity contribution in [1.82, 2.24) is 20.4 Å². The zero-order valence-electron chi connectivity index (χ0n) is 13.8. The van der Waals surface area contributed by atoms with Gasteiger partial charge in [-0.25, -0.2) is 0 Å². The highest BCUT2D eigenvalue weighted by Crippen LogP contribution is 2.29. The van der Waals surface area contributed by atoms with Crippen molar-refractivity contribution in [2.45, 2.75) is 38.8 Å². The first-order valence-electron chi connectivity index (χ1n) is 8.28. The molecule has 2 atom stereocenters. The summed E-state index contributed by atoms with van der Waals surface area (Å²) in [7, 11) is 0. The summed E-state index contributed by atoms with van der Waals surface area (Å²) in [6, 6.07) is 7.65. The predicted octanol–water partition coefficient (Wildman–Crippen LogP) is 1.80. The molecule has 0 aliphatic carbocycles. The smallest absolute Gasteiger partial charge is 0.272 e. The van der Waals surface area contributed by atoms with Crippen LogP contribution in [-0.4, -0.2) is 45.5 Å². The molecule has 2 fully saturated rings. The lowest BCUT2D eigenvalue weighted by molar-refractivity contribution is -0.127. The summed E-state index contributed by atoms with van der Waals surface area (Å²) in [5.74, 6) is -0.189. The number of H-pyrrole nitrogens is 1. The molecule has 2 aromatic rings. The van der Waals surface area contributed by atoms with Crippen LogP contribution in [0, 0.1) is 13.8 Å². The first-order valence-corrected chi connectivity index (χ1v) is 8.28. The van der Waals surface area contributed by atoms with E-state index in [-0.39, 0.29) is 23.9 Å². The van der Waals surface area contributed by atoms with Gasteiger partial charge in [-0.3, -0.25) is 14.7 Å². The number of rotatable bonds is 2. The minimum absolute atomic E-state index is 0.0500. The monoisotopic (exact) mass is 324 g/mol. The zero-order chi connectivity index (χ0) is 16.8. The highest BCUT2D eigenvalue weighted by atomic mass is 16.2. The molecular formula is C18H20N4O2. The number of hydrogen-bond donors (Lipinski definition) is 2. The fourth-order valence-electron chi connectivity index (χ4n) is 3.60. The van der Waals surface area contributed by atoms with Gasteiger partial charge in [0.15, 0.2) is 0 Å². The Hall–Kier alpha value is -2.63. The van der Waals surface area contributed by atoms with Gasteiger partial charge in [0.25, 0.3) is 5.91 Å². The normalized spacial score (nSPS) is 22.6. The van der Waals surface area contributed by atoms with Crippen LogP contribution in [0.1, 0.15) is 34.5 Å². The molecule has 2 bridgehead atoms. The van der Waals surface area contributed by atoms with E-state index >= 15 is 0 Å². The summed E-state index contributed by atoms with van der Waals surface area (Å²) >= 11 is 0. The van der Waals surface area contributed by atoms with Gasteiger partial charge in [-0.05, 0) is 49.9 Å². The lowest BCUT2D eigenvalue weighted by Gasteiger charge is -2.33. The second kappa shape index (κ2) is 5.47. The van der Waals surface area contributed by atoms with Crippen LogP contribution in [0.25, 0.3) is 11.3 Å². The van der Waals surface area contributed by atoms with E-state index in [2.05, 4.69) is 41.5 Å². The maximum atomic E-state index is 12.8. The van der Waals surface area contributed by atoms with Gasteiger partial charge in [0.05, 0.1) is 11.7 Å². The largest absolute Gasteiger partial charge is 0.352 e. The van der Waals surface area contributed by atoms with Crippen molar-refractivity contribution in [2.24, 2.45) is 0 Å². The molecule has 24 heavy (non-hydrogen) atoms. The Morgan fingerprint density at radius 3 is 2.83 bits per heavy atom. The molecule has 0 saturated carbocycles. The number of aromatic amines is 1. The molecule has 1 aromatic heterocycles. The number of carbonyl (C=O) groups excluding carboxylic acids is 2. The number of piperazine rings is 1. The van der Waals surface area contributed by atoms with Gasteiger partial charge < -0.3 is 10.2 Å². The van der Waals surface area contributed by atoms with Crippen LogP contribution in [0.3, 0.4) is 0 Å². The third kappa shape index (κ3) is 2.29. The second-order valence-corrected chi connectivity index (χ2v) is 6.67. The van der Waals surface area contributed by atoms with Crippen LogP contribution >= 0.6 is 0 Å². The summed E-state index contributed by atoms with van der Waals surface area (Å²) in [5.41, 5.74) is 4.58. The molecule has 0 radical (unpaired) electrons. The van der Waals surface area contributed by atoms with E-state index in [1.54, 1.807) is 11.0 Å². The maximum Gasteiger partial charge on any atom is 0.272 e. The SMILES string of the molecule is Cc1ccc(-c2cc(C(=O)N3C4CCC3C(=O)NC4)[nH]n2)cc1C. The minimum Gasteiger partial charge on any atom is -0.352 e. The molecule has 2 aliphatic rings. The summed E-state index contributed by atoms with van der Waals surface area (Å²) in [5, 5.41) is 10.0. The van der Waals surface area contributed by atoms with Crippen LogP contribution in [0.2, 0.25) is 0 Å². The van der Waals surface area contributed by atoms with E-state index in [0.717, 1.165) is 24.1 Å². The molecule has 6 heteroatoms. The summed E-state index contributed by atoms with van der Waals surface area (Å²) in [4.78, 5) is 26.5. The molecule has 3 heterocycles. The summed E-state index contributed by atoms with van der Waals surface area (Å²) < 4.78 is 0. The number of aryl methyl sites for hydroxylation is 2. The van der Waals surface area contributed by atoms with E-state index in [0.29, 0.717) is 12.2 Å². The number of aromatic nitrogens is 2. The molecule has 2 unspecified atom stereocenters. The Morgan fingerprint density at radius 2 is 2.04 bits per heavy atom. The second-order valence-electron chi connectivity index (χ2n) is 6.67. The van der Waals surface area contributed by atoms with E-state index in [1.165, 1.54) is 11.1 Å². The first-order chi connectivity index (χ1) is 11.5. The van der Waals surface area contributed by atoms with Crippen LogP contribution in [0.15, 0.2) is 24.3 Å². The molecule has 6 nitrogen and oxygen atoms in total. The van der Waals surface area contributed by atoms with Gasteiger partial charge in [-0.15, -0.1) is 0 Å². The fraction of sp³-hybridized carbons (Fsp3) is 0.389. The first kappa shape index (κ1) is 14.9. The molecule has 1 aromatic carbocycles. The lowest BCUT2D eigenvalue weighted by atomic mass is 10.0. The number of nitrogens with zero attached hydrogens (tertiary/aromatic N) is 2. The summed E-state index contributed by atoms with van der Waals surface area (Å²) in [6.45, 7) is 4.66. The third-order valence-corrected chi connectivity index (χ3v) is 5.16. The molecular weight excluding hydrogens is 304 g/mol. The van der Waals surface area contributed by atoms with Crippen LogP contribution in [-0.2, 0) is 4.79 Å². The number of fused-ring (bicyclic) bond motifs is 2. The highest BCUT2D eigenvalue weighted by molar-refractivity contribution is 5.98. The lowest BCUT2D eigenvalue weighted by Crippen LogP contribution is -2.57. The number of amides is 2. The average molecular weight is 324 g/mol. The number of benzene rings is 1. The number of carbonyl (C=O) groups is 2. The van der Waals surface area contributed by atoms with Crippen molar-refractivity contribution in [1.29, 1.82) is 0 Å². The van der Waals surface area contributed by atoms with Crippen molar-refractivity contribution in [3.8, 4) is 11.3 Å². The zero-order valence-corrected chi connectivity index (χ0v) is 13.8. The Balaban J connectivity index is 1.62. The van der Waals surface area contributed by atoms with Crippen molar-refractivity contribution in [3.63, 3.8) is 0 Å². The standard InChI is InChI=1S/C18H20N4O2/c1-10-3-4-12(7-11(10)2)14-8-15(21-20-14)18(24)22-13-5-6-16(22)17(23)19-9-13/h3-4,7-8,13,16H,5-6,9H2,1-2H3,(H,19,23)(H,20,21). The fourth-order valence-corrected chi connectivity index (χ4v) is 3.60. The van der Waals surface area contributed by atoms with Crippen molar-refractivity contribution >= 4 is 11.8 Å². The quantitative estimate of drug-likeness (QED) is 0.884. The Kier molecular flexibility index (Phi) is 3.40. The number of nitrogens with one attached hydrogen (secondary N) is 2. The Bertz CT molecular complexity index is 826. The van der Waals surface area contributed by atoms with Crippen molar-refractivity contribution < 1.29 is 9.59 Å².